The van der Waals surface area contributed by atoms with E-state index in [-0.39, 0.29) is 11.7 Å². The van der Waals surface area contributed by atoms with Crippen LogP contribution < -0.4 is 5.32 Å². The number of aromatic nitrogens is 4. The van der Waals surface area contributed by atoms with Crippen LogP contribution in [-0.2, 0) is 5.75 Å². The van der Waals surface area contributed by atoms with Gasteiger partial charge < -0.3 is 5.32 Å². The maximum atomic E-state index is 14.7. The number of thioether (sulfide) groups is 1. The van der Waals surface area contributed by atoms with E-state index in [1.807, 2.05) is 12.1 Å². The van der Waals surface area contributed by atoms with Crippen molar-refractivity contribution in [3.05, 3.63) is 120 Å². The fourth-order valence-corrected chi connectivity index (χ4v) is 4.47. The molecule has 0 aliphatic rings. The zero-order chi connectivity index (χ0) is 24.9. The molecule has 0 spiro atoms. The zero-order valence-electron chi connectivity index (χ0n) is 18.8. The van der Waals surface area contributed by atoms with Crippen molar-refractivity contribution in [2.45, 2.75) is 10.9 Å². The number of rotatable bonds is 7. The van der Waals surface area contributed by atoms with Crippen molar-refractivity contribution in [2.24, 2.45) is 0 Å². The number of para-hydroxylation sites is 1. The van der Waals surface area contributed by atoms with Crippen LogP contribution in [0.15, 0.2) is 102 Å². The van der Waals surface area contributed by atoms with Gasteiger partial charge in [0, 0.05) is 35.0 Å². The second-order valence-corrected chi connectivity index (χ2v) is 8.72. The third kappa shape index (κ3) is 5.16. The lowest BCUT2D eigenvalue weighted by Crippen LogP contribution is -2.11. The molecule has 0 radical (unpaired) electrons. The van der Waals surface area contributed by atoms with Crippen molar-refractivity contribution >= 4 is 23.4 Å². The van der Waals surface area contributed by atoms with E-state index in [2.05, 4.69) is 20.5 Å². The maximum Gasteiger partial charge on any atom is 0.255 e. The number of hydrogen-bond donors (Lipinski definition) is 1. The molecule has 2 heterocycles. The van der Waals surface area contributed by atoms with Gasteiger partial charge >= 0.3 is 0 Å². The molecule has 0 saturated heterocycles. The summed E-state index contributed by atoms with van der Waals surface area (Å²) in [6.45, 7) is 0. The minimum atomic E-state index is -0.421. The lowest BCUT2D eigenvalue weighted by atomic mass is 10.1. The van der Waals surface area contributed by atoms with Crippen molar-refractivity contribution < 1.29 is 13.6 Å². The fraction of sp³-hybridized carbons (Fsp3) is 0.0370. The van der Waals surface area contributed by atoms with Gasteiger partial charge in [-0.25, -0.2) is 8.78 Å². The molecule has 1 amide bonds. The molecule has 0 saturated carbocycles. The minimum Gasteiger partial charge on any atom is -0.322 e. The Labute approximate surface area is 210 Å². The third-order valence-corrected chi connectivity index (χ3v) is 6.33. The van der Waals surface area contributed by atoms with E-state index < -0.39 is 5.82 Å². The van der Waals surface area contributed by atoms with Crippen LogP contribution in [-0.4, -0.2) is 25.7 Å². The fourth-order valence-electron chi connectivity index (χ4n) is 3.57. The average Bonchev–Trinajstić information content (AvgIpc) is 3.32. The monoisotopic (exact) mass is 499 g/mol. The number of halogens is 2. The number of carbonyl (C=O) groups excluding carboxylic acids is 1. The predicted molar refractivity (Wildman–Crippen MR) is 135 cm³/mol. The van der Waals surface area contributed by atoms with Gasteiger partial charge in [-0.05, 0) is 60.2 Å². The van der Waals surface area contributed by atoms with Gasteiger partial charge in [0.1, 0.15) is 11.6 Å². The van der Waals surface area contributed by atoms with Gasteiger partial charge in [0.25, 0.3) is 5.91 Å². The Balaban J connectivity index is 1.35. The van der Waals surface area contributed by atoms with Crippen molar-refractivity contribution in [2.75, 3.05) is 5.32 Å². The first kappa shape index (κ1) is 23.4. The molecule has 2 aromatic heterocycles. The van der Waals surface area contributed by atoms with E-state index in [1.54, 1.807) is 65.5 Å². The second-order valence-electron chi connectivity index (χ2n) is 7.78. The lowest BCUT2D eigenvalue weighted by Gasteiger charge is -2.11. The molecule has 0 unspecified atom stereocenters. The summed E-state index contributed by atoms with van der Waals surface area (Å²) >= 11 is 1.40. The Bertz CT molecular complexity index is 1510. The molecule has 9 heteroatoms. The summed E-state index contributed by atoms with van der Waals surface area (Å²) in [6, 6.07) is 22.9. The molecular weight excluding hydrogens is 480 g/mol. The number of nitrogens with zero attached hydrogens (tertiary/aromatic N) is 4. The highest BCUT2D eigenvalue weighted by atomic mass is 32.2. The molecule has 178 valence electrons. The van der Waals surface area contributed by atoms with Gasteiger partial charge in [-0.2, -0.15) is 0 Å². The van der Waals surface area contributed by atoms with E-state index in [0.29, 0.717) is 33.7 Å². The normalized spacial score (nSPS) is 10.8. The topological polar surface area (TPSA) is 72.7 Å². The van der Waals surface area contributed by atoms with Crippen molar-refractivity contribution in [3.8, 4) is 17.1 Å². The first-order valence-electron chi connectivity index (χ1n) is 11.0. The summed E-state index contributed by atoms with van der Waals surface area (Å²) in [4.78, 5) is 16.5. The molecule has 0 aliphatic heterocycles. The molecule has 3 aromatic carbocycles. The molecule has 5 rings (SSSR count). The van der Waals surface area contributed by atoms with Crippen LogP contribution >= 0.6 is 11.8 Å². The zero-order valence-corrected chi connectivity index (χ0v) is 19.6. The molecule has 0 bridgehead atoms. The van der Waals surface area contributed by atoms with Gasteiger partial charge in [-0.3, -0.25) is 14.3 Å². The number of amides is 1. The highest BCUT2D eigenvalue weighted by molar-refractivity contribution is 7.98. The van der Waals surface area contributed by atoms with Crippen LogP contribution in [0.5, 0.6) is 0 Å². The molecule has 0 aliphatic carbocycles. The number of pyridine rings is 1. The Morgan fingerprint density at radius 2 is 1.67 bits per heavy atom. The van der Waals surface area contributed by atoms with Gasteiger partial charge in [-0.1, -0.05) is 42.1 Å². The van der Waals surface area contributed by atoms with E-state index in [0.717, 1.165) is 11.1 Å². The van der Waals surface area contributed by atoms with E-state index >= 15 is 0 Å². The smallest absolute Gasteiger partial charge is 0.255 e. The Morgan fingerprint density at radius 3 is 2.42 bits per heavy atom. The van der Waals surface area contributed by atoms with Gasteiger partial charge in [0.15, 0.2) is 11.0 Å². The molecule has 36 heavy (non-hydrogen) atoms. The highest BCUT2D eigenvalue weighted by Crippen LogP contribution is 2.30. The van der Waals surface area contributed by atoms with Crippen LogP contribution in [0.25, 0.3) is 17.1 Å². The summed E-state index contributed by atoms with van der Waals surface area (Å²) in [7, 11) is 0. The largest absolute Gasteiger partial charge is 0.322 e. The van der Waals surface area contributed by atoms with E-state index in [4.69, 9.17) is 0 Å². The van der Waals surface area contributed by atoms with Gasteiger partial charge in [-0.15, -0.1) is 10.2 Å². The van der Waals surface area contributed by atoms with Crippen LogP contribution in [0.3, 0.4) is 0 Å². The van der Waals surface area contributed by atoms with Crippen LogP contribution in [0, 0.1) is 11.6 Å². The maximum absolute atomic E-state index is 14.7. The van der Waals surface area contributed by atoms with Crippen molar-refractivity contribution in [3.63, 3.8) is 0 Å². The number of nitrogens with one attached hydrogen (secondary N) is 1. The Morgan fingerprint density at radius 1 is 0.889 bits per heavy atom. The Hall–Kier alpha value is -4.37. The number of anilines is 1. The first-order chi connectivity index (χ1) is 17.6. The van der Waals surface area contributed by atoms with E-state index in [9.17, 15) is 13.6 Å². The van der Waals surface area contributed by atoms with Crippen LogP contribution in [0.2, 0.25) is 0 Å². The predicted octanol–water partition coefficient (Wildman–Crippen LogP) is 6.15. The molecule has 0 atom stereocenters. The number of carbonyl (C=O) groups is 1. The number of benzene rings is 3. The van der Waals surface area contributed by atoms with Crippen molar-refractivity contribution in [1.29, 1.82) is 0 Å². The molecule has 5 aromatic rings. The van der Waals surface area contributed by atoms with Gasteiger partial charge in [0.05, 0.1) is 5.69 Å². The van der Waals surface area contributed by atoms with Crippen LogP contribution in [0.4, 0.5) is 14.5 Å². The van der Waals surface area contributed by atoms with E-state index in [1.165, 1.54) is 36.0 Å². The minimum absolute atomic E-state index is 0.332. The molecular formula is C27H19F2N5OS. The highest BCUT2D eigenvalue weighted by Gasteiger charge is 2.18. The number of hydrogen-bond acceptors (Lipinski definition) is 5. The standard InChI is InChI=1S/C27H19F2N5OS/c28-21-4-3-5-22(16-21)31-26(35)20-10-8-18(9-11-20)17-36-27-33-32-25(19-12-14-30-15-13-19)34(27)24-7-2-1-6-23(24)29/h1-16H,17H2,(H,31,35). The molecule has 6 nitrogen and oxygen atoms in total. The summed E-state index contributed by atoms with van der Waals surface area (Å²) in [5, 5.41) is 11.8. The SMILES string of the molecule is O=C(Nc1cccc(F)c1)c1ccc(CSc2nnc(-c3ccncc3)n2-c2ccccc2F)cc1. The summed E-state index contributed by atoms with van der Waals surface area (Å²) in [5.74, 6) is -0.108. The first-order valence-corrected chi connectivity index (χ1v) is 12.0. The second kappa shape index (κ2) is 10.5. The van der Waals surface area contributed by atoms with Crippen LogP contribution in [0.1, 0.15) is 15.9 Å². The van der Waals surface area contributed by atoms with Crippen molar-refractivity contribution in [1.82, 2.24) is 19.7 Å². The lowest BCUT2D eigenvalue weighted by molar-refractivity contribution is 0.102. The molecule has 0 fully saturated rings. The Kier molecular flexibility index (Phi) is 6.81. The summed E-state index contributed by atoms with van der Waals surface area (Å²) < 4.78 is 29.8. The molecule has 1 N–H and O–H groups in total. The quantitative estimate of drug-likeness (QED) is 0.272. The average molecular weight is 500 g/mol. The summed E-state index contributed by atoms with van der Waals surface area (Å²) in [6.07, 6.45) is 3.29. The summed E-state index contributed by atoms with van der Waals surface area (Å²) in [5.41, 5.74) is 2.89. The van der Waals surface area contributed by atoms with Gasteiger partial charge in [0.2, 0.25) is 0 Å². The third-order valence-electron chi connectivity index (χ3n) is 5.33.